The molecule has 1 rings (SSSR count). The summed E-state index contributed by atoms with van der Waals surface area (Å²) in [7, 11) is 0. The molecule has 0 radical (unpaired) electrons. The highest BCUT2D eigenvalue weighted by molar-refractivity contribution is 5.89. The number of hydrogen-bond donors (Lipinski definition) is 2. The van der Waals surface area contributed by atoms with Crippen molar-refractivity contribution in [3.05, 3.63) is 0 Å². The van der Waals surface area contributed by atoms with Crippen LogP contribution in [0.1, 0.15) is 45.4 Å². The fourth-order valence-electron chi connectivity index (χ4n) is 2.14. The first-order chi connectivity index (χ1) is 8.00. The van der Waals surface area contributed by atoms with Crippen LogP contribution in [0.2, 0.25) is 0 Å². The molecule has 2 N–H and O–H groups in total. The van der Waals surface area contributed by atoms with Gasteiger partial charge in [-0.2, -0.15) is 0 Å². The quantitative estimate of drug-likeness (QED) is 0.755. The Kier molecular flexibility index (Phi) is 5.12. The van der Waals surface area contributed by atoms with Crippen LogP contribution < -0.4 is 5.32 Å². The highest BCUT2D eigenvalue weighted by Gasteiger charge is 2.27. The summed E-state index contributed by atoms with van der Waals surface area (Å²) in [6, 6.07) is -1.08. The van der Waals surface area contributed by atoms with Gasteiger partial charge in [0.2, 0.25) is 5.91 Å². The molecule has 0 aromatic carbocycles. The Morgan fingerprint density at radius 1 is 1.24 bits per heavy atom. The molecule has 0 saturated heterocycles. The first kappa shape index (κ1) is 13.7. The van der Waals surface area contributed by atoms with E-state index in [2.05, 4.69) is 5.32 Å². The smallest absolute Gasteiger partial charge is 0.326 e. The third-order valence-electron chi connectivity index (χ3n) is 3.08. The Morgan fingerprint density at radius 3 is 2.29 bits per heavy atom. The summed E-state index contributed by atoms with van der Waals surface area (Å²) in [4.78, 5) is 33.6. The average Bonchev–Trinajstić information content (AvgIpc) is 2.28. The molecule has 0 aromatic heterocycles. The molecule has 0 aliphatic heterocycles. The van der Waals surface area contributed by atoms with E-state index in [0.717, 1.165) is 32.1 Å². The summed E-state index contributed by atoms with van der Waals surface area (Å²) in [5.41, 5.74) is 0. The van der Waals surface area contributed by atoms with E-state index in [1.165, 1.54) is 6.92 Å². The molecule has 1 unspecified atom stereocenters. The molecule has 5 nitrogen and oxygen atoms in total. The fourth-order valence-corrected chi connectivity index (χ4v) is 2.14. The zero-order chi connectivity index (χ0) is 12.8. The Balaban J connectivity index is 2.50. The summed E-state index contributed by atoms with van der Waals surface area (Å²) in [6.45, 7) is 1.32. The van der Waals surface area contributed by atoms with Crippen LogP contribution in [-0.2, 0) is 14.4 Å². The molecule has 17 heavy (non-hydrogen) atoms. The van der Waals surface area contributed by atoms with Gasteiger partial charge in [-0.3, -0.25) is 9.59 Å². The van der Waals surface area contributed by atoms with Crippen LogP contribution in [0, 0.1) is 5.92 Å². The maximum absolute atomic E-state index is 11.8. The van der Waals surface area contributed by atoms with Crippen LogP contribution in [-0.4, -0.2) is 28.8 Å². The Hall–Kier alpha value is -1.39. The molecule has 1 fully saturated rings. The SMILES string of the molecule is CC(=O)CC(NC(=O)C1CCCCC1)C(=O)O. The van der Waals surface area contributed by atoms with Crippen molar-refractivity contribution in [1.82, 2.24) is 5.32 Å². The molecule has 0 aromatic rings. The van der Waals surface area contributed by atoms with Crippen molar-refractivity contribution in [3.8, 4) is 0 Å². The van der Waals surface area contributed by atoms with Crippen molar-refractivity contribution in [2.75, 3.05) is 0 Å². The van der Waals surface area contributed by atoms with E-state index in [1.54, 1.807) is 0 Å². The molecule has 1 atom stereocenters. The van der Waals surface area contributed by atoms with Gasteiger partial charge in [0.15, 0.2) is 0 Å². The monoisotopic (exact) mass is 241 g/mol. The molecule has 0 heterocycles. The Labute approximate surface area is 101 Å². The topological polar surface area (TPSA) is 83.5 Å². The lowest BCUT2D eigenvalue weighted by Crippen LogP contribution is -2.44. The summed E-state index contributed by atoms with van der Waals surface area (Å²) in [5.74, 6) is -1.69. The minimum atomic E-state index is -1.15. The summed E-state index contributed by atoms with van der Waals surface area (Å²) < 4.78 is 0. The zero-order valence-corrected chi connectivity index (χ0v) is 10.1. The number of carboxylic acids is 1. The van der Waals surface area contributed by atoms with Gasteiger partial charge in [0.05, 0.1) is 0 Å². The van der Waals surface area contributed by atoms with Gasteiger partial charge in [0.25, 0.3) is 0 Å². The highest BCUT2D eigenvalue weighted by atomic mass is 16.4. The number of ketones is 1. The number of rotatable bonds is 5. The molecule has 0 spiro atoms. The number of nitrogens with one attached hydrogen (secondary N) is 1. The molecular weight excluding hydrogens is 222 g/mol. The van der Waals surface area contributed by atoms with Gasteiger partial charge in [0, 0.05) is 12.3 Å². The fraction of sp³-hybridized carbons (Fsp3) is 0.750. The molecule has 0 bridgehead atoms. The Bertz CT molecular complexity index is 308. The number of aliphatic carboxylic acids is 1. The Morgan fingerprint density at radius 2 is 1.82 bits per heavy atom. The minimum absolute atomic E-state index is 0.0856. The predicted molar refractivity (Wildman–Crippen MR) is 61.4 cm³/mol. The molecule has 1 aliphatic rings. The van der Waals surface area contributed by atoms with Crippen molar-refractivity contribution in [2.24, 2.45) is 5.92 Å². The van der Waals surface area contributed by atoms with Crippen molar-refractivity contribution in [3.63, 3.8) is 0 Å². The maximum atomic E-state index is 11.8. The van der Waals surface area contributed by atoms with E-state index < -0.39 is 12.0 Å². The van der Waals surface area contributed by atoms with Gasteiger partial charge < -0.3 is 10.4 Å². The summed E-state index contributed by atoms with van der Waals surface area (Å²) in [6.07, 6.45) is 4.66. The lowest BCUT2D eigenvalue weighted by molar-refractivity contribution is -0.144. The number of carbonyl (C=O) groups is 3. The molecule has 1 amide bonds. The standard InChI is InChI=1S/C12H19NO4/c1-8(14)7-10(12(16)17)13-11(15)9-5-3-2-4-6-9/h9-10H,2-7H2,1H3,(H,13,15)(H,16,17). The van der Waals surface area contributed by atoms with E-state index in [1.807, 2.05) is 0 Å². The number of hydrogen-bond acceptors (Lipinski definition) is 3. The maximum Gasteiger partial charge on any atom is 0.326 e. The van der Waals surface area contributed by atoms with E-state index in [4.69, 9.17) is 5.11 Å². The van der Waals surface area contributed by atoms with Crippen LogP contribution in [0.3, 0.4) is 0 Å². The molecule has 1 saturated carbocycles. The average molecular weight is 241 g/mol. The predicted octanol–water partition coefficient (Wildman–Crippen LogP) is 1.12. The minimum Gasteiger partial charge on any atom is -0.480 e. The lowest BCUT2D eigenvalue weighted by Gasteiger charge is -2.22. The van der Waals surface area contributed by atoms with Gasteiger partial charge in [-0.1, -0.05) is 19.3 Å². The van der Waals surface area contributed by atoms with Gasteiger partial charge in [-0.25, -0.2) is 4.79 Å². The van der Waals surface area contributed by atoms with E-state index >= 15 is 0 Å². The van der Waals surface area contributed by atoms with Crippen molar-refractivity contribution >= 4 is 17.7 Å². The number of carboxylic acid groups (broad SMARTS) is 1. The second kappa shape index (κ2) is 6.37. The number of amides is 1. The second-order valence-electron chi connectivity index (χ2n) is 4.64. The summed E-state index contributed by atoms with van der Waals surface area (Å²) in [5, 5.41) is 11.4. The largest absolute Gasteiger partial charge is 0.480 e. The van der Waals surface area contributed by atoms with E-state index in [0.29, 0.717) is 0 Å². The number of carbonyl (C=O) groups excluding carboxylic acids is 2. The van der Waals surface area contributed by atoms with Crippen molar-refractivity contribution in [2.45, 2.75) is 51.5 Å². The van der Waals surface area contributed by atoms with Gasteiger partial charge in [-0.05, 0) is 19.8 Å². The van der Waals surface area contributed by atoms with Crippen LogP contribution in [0.4, 0.5) is 0 Å². The number of Topliss-reactive ketones (excluding diaryl/α,β-unsaturated/α-hetero) is 1. The normalized spacial score (nSPS) is 18.4. The third-order valence-corrected chi connectivity index (χ3v) is 3.08. The van der Waals surface area contributed by atoms with Gasteiger partial charge in [0.1, 0.15) is 11.8 Å². The zero-order valence-electron chi connectivity index (χ0n) is 10.1. The van der Waals surface area contributed by atoms with Crippen molar-refractivity contribution < 1.29 is 19.5 Å². The third kappa shape index (κ3) is 4.54. The molecule has 5 heteroatoms. The van der Waals surface area contributed by atoms with Crippen LogP contribution in [0.15, 0.2) is 0 Å². The van der Waals surface area contributed by atoms with Gasteiger partial charge in [-0.15, -0.1) is 0 Å². The lowest BCUT2D eigenvalue weighted by atomic mass is 9.88. The van der Waals surface area contributed by atoms with Crippen molar-refractivity contribution in [1.29, 1.82) is 0 Å². The van der Waals surface area contributed by atoms with Crippen LogP contribution in [0.5, 0.6) is 0 Å². The van der Waals surface area contributed by atoms with Crippen LogP contribution in [0.25, 0.3) is 0 Å². The first-order valence-corrected chi connectivity index (χ1v) is 6.03. The first-order valence-electron chi connectivity index (χ1n) is 6.03. The molecule has 1 aliphatic carbocycles. The summed E-state index contributed by atoms with van der Waals surface area (Å²) >= 11 is 0. The van der Waals surface area contributed by atoms with E-state index in [-0.39, 0.29) is 24.0 Å². The second-order valence-corrected chi connectivity index (χ2v) is 4.64. The van der Waals surface area contributed by atoms with Crippen LogP contribution >= 0.6 is 0 Å². The van der Waals surface area contributed by atoms with E-state index in [9.17, 15) is 14.4 Å². The molecular formula is C12H19NO4. The highest BCUT2D eigenvalue weighted by Crippen LogP contribution is 2.23. The van der Waals surface area contributed by atoms with Gasteiger partial charge >= 0.3 is 5.97 Å². The molecule has 96 valence electrons.